The Morgan fingerprint density at radius 1 is 1.23 bits per heavy atom. The van der Waals surface area contributed by atoms with E-state index in [1.807, 2.05) is 6.92 Å². The maximum atomic E-state index is 12.2. The van der Waals surface area contributed by atoms with Crippen molar-refractivity contribution in [2.24, 2.45) is 0 Å². The highest BCUT2D eigenvalue weighted by Gasteiger charge is 2.14. The lowest BCUT2D eigenvalue weighted by Gasteiger charge is -2.03. The summed E-state index contributed by atoms with van der Waals surface area (Å²) in [5.74, 6) is -0.157. The number of amides is 1. The third-order valence-corrected chi connectivity index (χ3v) is 5.84. The predicted octanol–water partition coefficient (Wildman–Crippen LogP) is 2.84. The highest BCUT2D eigenvalue weighted by molar-refractivity contribution is 7.99. The van der Waals surface area contributed by atoms with Gasteiger partial charge in [-0.25, -0.2) is 0 Å². The molecule has 3 heterocycles. The normalized spacial score (nSPS) is 11.0. The summed E-state index contributed by atoms with van der Waals surface area (Å²) in [6.07, 6.45) is 0.757. The van der Waals surface area contributed by atoms with Gasteiger partial charge in [-0.3, -0.25) is 20.2 Å². The molecule has 30 heavy (non-hydrogen) atoms. The van der Waals surface area contributed by atoms with Crippen molar-refractivity contribution in [2.45, 2.75) is 18.5 Å². The Kier molecular flexibility index (Phi) is 5.63. The van der Waals surface area contributed by atoms with E-state index < -0.39 is 4.92 Å². The van der Waals surface area contributed by atoms with Crippen molar-refractivity contribution in [1.29, 1.82) is 0 Å². The second kappa shape index (κ2) is 8.51. The first-order valence-electron chi connectivity index (χ1n) is 8.76. The van der Waals surface area contributed by atoms with E-state index in [0.29, 0.717) is 27.2 Å². The summed E-state index contributed by atoms with van der Waals surface area (Å²) in [4.78, 5) is 22.8. The van der Waals surface area contributed by atoms with Crippen LogP contribution in [0.3, 0.4) is 0 Å². The monoisotopic (exact) mass is 442 g/mol. The van der Waals surface area contributed by atoms with E-state index in [2.05, 4.69) is 30.8 Å². The number of aryl methyl sites for hydroxylation is 1. The van der Waals surface area contributed by atoms with Crippen molar-refractivity contribution in [1.82, 2.24) is 30.0 Å². The van der Waals surface area contributed by atoms with Gasteiger partial charge >= 0.3 is 0 Å². The lowest BCUT2D eigenvalue weighted by molar-refractivity contribution is -0.384. The third kappa shape index (κ3) is 4.26. The molecule has 0 fully saturated rings. The van der Waals surface area contributed by atoms with E-state index in [-0.39, 0.29) is 17.3 Å². The zero-order chi connectivity index (χ0) is 21.1. The van der Waals surface area contributed by atoms with Crippen LogP contribution in [0.4, 0.5) is 10.8 Å². The molecule has 3 aromatic heterocycles. The average molecular weight is 442 g/mol. The molecule has 4 aromatic rings. The molecule has 0 spiro atoms. The largest absolute Gasteiger partial charge is 0.300 e. The van der Waals surface area contributed by atoms with Crippen molar-refractivity contribution >= 4 is 45.5 Å². The van der Waals surface area contributed by atoms with Gasteiger partial charge in [-0.2, -0.15) is 9.61 Å². The van der Waals surface area contributed by atoms with Crippen LogP contribution in [0.25, 0.3) is 16.9 Å². The molecule has 1 N–H and O–H groups in total. The smallest absolute Gasteiger partial charge is 0.270 e. The molecule has 13 heteroatoms. The standard InChI is InChI=1S/C17H14N8O3S2/c1-2-15-20-21-16(30-15)18-14(26)9-29-17-22-19-13-7-6-12(23-24(13)17)10-4-3-5-11(8-10)25(27)28/h3-8H,2,9H2,1H3,(H,18,21,26). The quantitative estimate of drug-likeness (QED) is 0.260. The van der Waals surface area contributed by atoms with E-state index in [0.717, 1.165) is 11.4 Å². The van der Waals surface area contributed by atoms with Crippen LogP contribution >= 0.6 is 23.1 Å². The average Bonchev–Trinajstić information content (AvgIpc) is 3.38. The topological polar surface area (TPSA) is 141 Å². The van der Waals surface area contributed by atoms with Gasteiger partial charge in [-0.1, -0.05) is 42.2 Å². The zero-order valence-corrected chi connectivity index (χ0v) is 17.2. The molecule has 0 saturated heterocycles. The summed E-state index contributed by atoms with van der Waals surface area (Å²) in [5.41, 5.74) is 1.60. The lowest BCUT2D eigenvalue weighted by Crippen LogP contribution is -2.14. The molecule has 0 unspecified atom stereocenters. The Hall–Kier alpha value is -3.45. The maximum absolute atomic E-state index is 12.2. The predicted molar refractivity (Wildman–Crippen MR) is 112 cm³/mol. The first-order chi connectivity index (χ1) is 14.5. The number of hydrogen-bond donors (Lipinski definition) is 1. The molecule has 0 aliphatic rings. The lowest BCUT2D eigenvalue weighted by atomic mass is 10.1. The number of nitro groups is 1. The van der Waals surface area contributed by atoms with E-state index >= 15 is 0 Å². The number of nitrogens with zero attached hydrogens (tertiary/aromatic N) is 7. The molecule has 0 aliphatic heterocycles. The highest BCUT2D eigenvalue weighted by atomic mass is 32.2. The molecule has 0 bridgehead atoms. The summed E-state index contributed by atoms with van der Waals surface area (Å²) in [5, 5.41) is 35.9. The van der Waals surface area contributed by atoms with Gasteiger partial charge in [0.15, 0.2) is 5.65 Å². The summed E-state index contributed by atoms with van der Waals surface area (Å²) in [7, 11) is 0. The van der Waals surface area contributed by atoms with E-state index in [4.69, 9.17) is 0 Å². The second-order valence-corrected chi connectivity index (χ2v) is 7.97. The summed E-state index contributed by atoms with van der Waals surface area (Å²) < 4.78 is 1.51. The minimum Gasteiger partial charge on any atom is -0.300 e. The number of carbonyl (C=O) groups excluding carboxylic acids is 1. The Morgan fingerprint density at radius 3 is 2.87 bits per heavy atom. The van der Waals surface area contributed by atoms with Gasteiger partial charge in [0.1, 0.15) is 5.01 Å². The first-order valence-corrected chi connectivity index (χ1v) is 10.6. The zero-order valence-electron chi connectivity index (χ0n) is 15.6. The number of nitro benzene ring substituents is 1. The van der Waals surface area contributed by atoms with Crippen molar-refractivity contribution in [2.75, 3.05) is 11.1 Å². The summed E-state index contributed by atoms with van der Waals surface area (Å²) in [6.45, 7) is 1.97. The van der Waals surface area contributed by atoms with Crippen LogP contribution in [0.1, 0.15) is 11.9 Å². The highest BCUT2D eigenvalue weighted by Crippen LogP contribution is 2.24. The number of hydrogen-bond acceptors (Lipinski definition) is 10. The molecular weight excluding hydrogens is 428 g/mol. The van der Waals surface area contributed by atoms with Crippen molar-refractivity contribution < 1.29 is 9.72 Å². The van der Waals surface area contributed by atoms with Gasteiger partial charge in [-0.15, -0.1) is 20.4 Å². The molecule has 152 valence electrons. The number of nitrogens with one attached hydrogen (secondary N) is 1. The third-order valence-electron chi connectivity index (χ3n) is 3.93. The van der Waals surface area contributed by atoms with Crippen LogP contribution < -0.4 is 5.32 Å². The molecular formula is C17H14N8O3S2. The van der Waals surface area contributed by atoms with Crippen LogP contribution in [0.5, 0.6) is 0 Å². The summed E-state index contributed by atoms with van der Waals surface area (Å²) in [6, 6.07) is 9.63. The van der Waals surface area contributed by atoms with Gasteiger partial charge in [-0.05, 0) is 18.6 Å². The van der Waals surface area contributed by atoms with Crippen LogP contribution in [-0.4, -0.2) is 46.6 Å². The van der Waals surface area contributed by atoms with Crippen LogP contribution in [-0.2, 0) is 11.2 Å². The Bertz CT molecular complexity index is 1240. The first kappa shape index (κ1) is 19.8. The fourth-order valence-electron chi connectivity index (χ4n) is 2.52. The van der Waals surface area contributed by atoms with Crippen molar-refractivity contribution in [3.8, 4) is 11.3 Å². The SMILES string of the molecule is CCc1nnc(NC(=O)CSc2nnc3ccc(-c4cccc([N+](=O)[O-])c4)nn23)s1. The van der Waals surface area contributed by atoms with Gasteiger partial charge < -0.3 is 0 Å². The van der Waals surface area contributed by atoms with Crippen LogP contribution in [0.15, 0.2) is 41.6 Å². The number of fused-ring (bicyclic) bond motifs is 1. The van der Waals surface area contributed by atoms with Crippen LogP contribution in [0.2, 0.25) is 0 Å². The number of aromatic nitrogens is 6. The number of benzene rings is 1. The fourth-order valence-corrected chi connectivity index (χ4v) is 3.91. The van der Waals surface area contributed by atoms with Crippen LogP contribution in [0, 0.1) is 10.1 Å². The molecule has 11 nitrogen and oxygen atoms in total. The van der Waals surface area contributed by atoms with Gasteiger partial charge in [0.2, 0.25) is 16.2 Å². The van der Waals surface area contributed by atoms with E-state index in [1.54, 1.807) is 24.3 Å². The molecule has 1 aromatic carbocycles. The van der Waals surface area contributed by atoms with Gasteiger partial charge in [0, 0.05) is 17.7 Å². The molecule has 4 rings (SSSR count). The van der Waals surface area contributed by atoms with Crippen molar-refractivity contribution in [3.05, 3.63) is 51.5 Å². The fraction of sp³-hybridized carbons (Fsp3) is 0.176. The van der Waals surface area contributed by atoms with E-state index in [9.17, 15) is 14.9 Å². The molecule has 0 radical (unpaired) electrons. The maximum Gasteiger partial charge on any atom is 0.270 e. The van der Waals surface area contributed by atoms with Crippen molar-refractivity contribution in [3.63, 3.8) is 0 Å². The Morgan fingerprint density at radius 2 is 2.10 bits per heavy atom. The second-order valence-electron chi connectivity index (χ2n) is 5.97. The Balaban J connectivity index is 1.51. The number of rotatable bonds is 7. The van der Waals surface area contributed by atoms with Gasteiger partial charge in [0.05, 0.1) is 16.4 Å². The molecule has 0 atom stereocenters. The molecule has 1 amide bonds. The minimum absolute atomic E-state index is 0.0210. The Labute approximate surface area is 177 Å². The number of anilines is 1. The molecule has 0 saturated carbocycles. The number of thioether (sulfide) groups is 1. The minimum atomic E-state index is -0.456. The molecule has 0 aliphatic carbocycles. The number of carbonyl (C=O) groups is 1. The van der Waals surface area contributed by atoms with Gasteiger partial charge in [0.25, 0.3) is 5.69 Å². The summed E-state index contributed by atoms with van der Waals surface area (Å²) >= 11 is 2.50. The van der Waals surface area contributed by atoms with E-state index in [1.165, 1.54) is 39.7 Å². The number of non-ortho nitro benzene ring substituents is 1.